The Morgan fingerprint density at radius 1 is 0.818 bits per heavy atom. The monoisotopic (exact) mass is 450 g/mol. The summed E-state index contributed by atoms with van der Waals surface area (Å²) in [5.41, 5.74) is 1.44. The number of nitrogens with zero attached hydrogens (tertiary/aromatic N) is 2. The Labute approximate surface area is 194 Å². The van der Waals surface area contributed by atoms with E-state index in [-0.39, 0.29) is 12.6 Å². The summed E-state index contributed by atoms with van der Waals surface area (Å²) >= 11 is 1.34. The number of esters is 1. The summed E-state index contributed by atoms with van der Waals surface area (Å²) in [6, 6.07) is 27.3. The van der Waals surface area contributed by atoms with E-state index in [2.05, 4.69) is 22.0 Å². The molecule has 1 heterocycles. The van der Waals surface area contributed by atoms with Gasteiger partial charge in [-0.25, -0.2) is 4.79 Å². The van der Waals surface area contributed by atoms with Crippen molar-refractivity contribution in [3.05, 3.63) is 90.5 Å². The van der Waals surface area contributed by atoms with Crippen LogP contribution in [0.4, 0.5) is 0 Å². The van der Waals surface area contributed by atoms with Crippen LogP contribution in [0, 0.1) is 11.8 Å². The van der Waals surface area contributed by atoms with Crippen molar-refractivity contribution in [2.75, 3.05) is 12.4 Å². The lowest BCUT2D eigenvalue weighted by Gasteiger charge is -2.05. The van der Waals surface area contributed by atoms with Crippen molar-refractivity contribution in [3.63, 3.8) is 0 Å². The van der Waals surface area contributed by atoms with Gasteiger partial charge in [-0.1, -0.05) is 96.4 Å². The fourth-order valence-electron chi connectivity index (χ4n) is 3.57. The van der Waals surface area contributed by atoms with Crippen LogP contribution < -0.4 is 0 Å². The van der Waals surface area contributed by atoms with E-state index in [0.29, 0.717) is 22.4 Å². The highest BCUT2D eigenvalue weighted by atomic mass is 32.2. The molecule has 33 heavy (non-hydrogen) atoms. The van der Waals surface area contributed by atoms with Gasteiger partial charge in [0.15, 0.2) is 6.61 Å². The average Bonchev–Trinajstić information content (AvgIpc) is 3.34. The molecule has 5 nitrogen and oxygen atoms in total. The number of hydrogen-bond donors (Lipinski definition) is 0. The summed E-state index contributed by atoms with van der Waals surface area (Å²) in [4.78, 5) is 12.4. The van der Waals surface area contributed by atoms with E-state index in [0.717, 1.165) is 27.1 Å². The quantitative estimate of drug-likeness (QED) is 0.186. The molecule has 4 aromatic carbocycles. The van der Waals surface area contributed by atoms with Crippen LogP contribution in [-0.4, -0.2) is 28.5 Å². The first-order chi connectivity index (χ1) is 16.3. The average molecular weight is 451 g/mol. The minimum absolute atomic E-state index is 0.0215. The van der Waals surface area contributed by atoms with E-state index >= 15 is 0 Å². The Morgan fingerprint density at radius 2 is 1.52 bits per heavy atom. The Hall–Kier alpha value is -4.08. The van der Waals surface area contributed by atoms with Crippen molar-refractivity contribution in [3.8, 4) is 23.3 Å². The molecule has 6 heteroatoms. The molecule has 0 N–H and O–H groups in total. The molecule has 0 atom stereocenters. The standard InChI is InChI=1S/C27H18N2O3S/c30-26(24-16-8-12-20-10-2-4-14-22(20)24)31-17-5-6-18-33-27-29-28-25(32-27)23-15-7-11-19-9-1-3-13-21(19)23/h1-4,7-16H,17-18H2. The van der Waals surface area contributed by atoms with Gasteiger partial charge in [-0.3, -0.25) is 0 Å². The molecule has 0 bridgehead atoms. The highest BCUT2D eigenvalue weighted by Crippen LogP contribution is 2.29. The molecular weight excluding hydrogens is 432 g/mol. The third kappa shape index (κ3) is 4.59. The highest BCUT2D eigenvalue weighted by Gasteiger charge is 2.12. The number of hydrogen-bond acceptors (Lipinski definition) is 6. The number of benzene rings is 4. The number of ether oxygens (including phenoxy) is 1. The van der Waals surface area contributed by atoms with Crippen molar-refractivity contribution >= 4 is 39.3 Å². The van der Waals surface area contributed by atoms with Crippen LogP contribution in [-0.2, 0) is 4.74 Å². The Kier molecular flexibility index (Phi) is 6.05. The lowest BCUT2D eigenvalue weighted by molar-refractivity contribution is 0.0559. The smallest absolute Gasteiger partial charge is 0.339 e. The highest BCUT2D eigenvalue weighted by molar-refractivity contribution is 7.99. The molecule has 0 aliphatic rings. The van der Waals surface area contributed by atoms with Crippen LogP contribution in [0.5, 0.6) is 0 Å². The van der Waals surface area contributed by atoms with Crippen LogP contribution in [0.25, 0.3) is 33.0 Å². The van der Waals surface area contributed by atoms with Crippen LogP contribution >= 0.6 is 11.8 Å². The molecule has 0 saturated heterocycles. The maximum absolute atomic E-state index is 12.4. The van der Waals surface area contributed by atoms with E-state index in [1.54, 1.807) is 6.07 Å². The van der Waals surface area contributed by atoms with Gasteiger partial charge in [-0.15, -0.1) is 10.2 Å². The second-order valence-corrected chi connectivity index (χ2v) is 8.07. The van der Waals surface area contributed by atoms with Gasteiger partial charge >= 0.3 is 5.97 Å². The number of carbonyl (C=O) groups is 1. The van der Waals surface area contributed by atoms with Gasteiger partial charge in [0.25, 0.3) is 5.22 Å². The van der Waals surface area contributed by atoms with Crippen LogP contribution in [0.15, 0.2) is 94.6 Å². The predicted molar refractivity (Wildman–Crippen MR) is 130 cm³/mol. The van der Waals surface area contributed by atoms with Gasteiger partial charge in [0.1, 0.15) is 0 Å². The lowest BCUT2D eigenvalue weighted by Crippen LogP contribution is -2.06. The van der Waals surface area contributed by atoms with Gasteiger partial charge in [0.05, 0.1) is 11.3 Å². The van der Waals surface area contributed by atoms with E-state index < -0.39 is 0 Å². The maximum Gasteiger partial charge on any atom is 0.339 e. The first-order valence-electron chi connectivity index (χ1n) is 10.3. The minimum Gasteiger partial charge on any atom is -0.449 e. The van der Waals surface area contributed by atoms with Crippen LogP contribution in [0.2, 0.25) is 0 Å². The molecular formula is C27H18N2O3S. The summed E-state index contributed by atoms with van der Waals surface area (Å²) in [6.45, 7) is 0.0215. The van der Waals surface area contributed by atoms with Gasteiger partial charge in [0, 0.05) is 5.56 Å². The van der Waals surface area contributed by atoms with E-state index in [4.69, 9.17) is 9.15 Å². The molecule has 0 fully saturated rings. The normalized spacial score (nSPS) is 10.7. The molecule has 5 aromatic rings. The largest absolute Gasteiger partial charge is 0.449 e. The summed E-state index contributed by atoms with van der Waals surface area (Å²) in [6.07, 6.45) is 0. The van der Waals surface area contributed by atoms with Crippen molar-refractivity contribution in [1.29, 1.82) is 0 Å². The SMILES string of the molecule is O=C(OCC#CCSc1nnc(-c2cccc3ccccc23)o1)c1cccc2ccccc12. The van der Waals surface area contributed by atoms with E-state index in [1.165, 1.54) is 11.8 Å². The predicted octanol–water partition coefficient (Wildman–Crippen LogP) is 6.00. The zero-order valence-electron chi connectivity index (χ0n) is 17.5. The molecule has 0 saturated carbocycles. The third-order valence-electron chi connectivity index (χ3n) is 5.10. The molecule has 1 aromatic heterocycles. The maximum atomic E-state index is 12.4. The molecule has 0 aliphatic heterocycles. The number of fused-ring (bicyclic) bond motifs is 2. The van der Waals surface area contributed by atoms with Gasteiger partial charge in [-0.05, 0) is 33.7 Å². The zero-order chi connectivity index (χ0) is 22.5. The van der Waals surface area contributed by atoms with Gasteiger partial charge in [-0.2, -0.15) is 0 Å². The number of rotatable bonds is 5. The Morgan fingerprint density at radius 3 is 2.36 bits per heavy atom. The number of aromatic nitrogens is 2. The van der Waals surface area contributed by atoms with Crippen LogP contribution in [0.3, 0.4) is 0 Å². The first kappa shape index (κ1) is 20.8. The topological polar surface area (TPSA) is 65.2 Å². The molecule has 0 aliphatic carbocycles. The van der Waals surface area contributed by atoms with Gasteiger partial charge < -0.3 is 9.15 Å². The molecule has 5 rings (SSSR count). The number of thioether (sulfide) groups is 1. The lowest BCUT2D eigenvalue weighted by atomic mass is 10.0. The van der Waals surface area contributed by atoms with Crippen molar-refractivity contribution < 1.29 is 13.9 Å². The second-order valence-electron chi connectivity index (χ2n) is 7.14. The molecule has 160 valence electrons. The molecule has 0 unspecified atom stereocenters. The van der Waals surface area contributed by atoms with Crippen molar-refractivity contribution in [2.45, 2.75) is 5.22 Å². The third-order valence-corrected chi connectivity index (χ3v) is 5.80. The molecule has 0 spiro atoms. The minimum atomic E-state index is -0.384. The Balaban J connectivity index is 1.17. The fraction of sp³-hybridized carbons (Fsp3) is 0.0741. The number of carbonyl (C=O) groups excluding carboxylic acids is 1. The first-order valence-corrected chi connectivity index (χ1v) is 11.3. The van der Waals surface area contributed by atoms with E-state index in [1.807, 2.05) is 78.9 Å². The van der Waals surface area contributed by atoms with E-state index in [9.17, 15) is 4.79 Å². The van der Waals surface area contributed by atoms with Gasteiger partial charge in [0.2, 0.25) is 5.89 Å². The zero-order valence-corrected chi connectivity index (χ0v) is 18.3. The summed E-state index contributed by atoms with van der Waals surface area (Å²) in [7, 11) is 0. The fourth-order valence-corrected chi connectivity index (χ4v) is 4.11. The van der Waals surface area contributed by atoms with Crippen molar-refractivity contribution in [1.82, 2.24) is 10.2 Å². The Bertz CT molecular complexity index is 1500. The summed E-state index contributed by atoms with van der Waals surface area (Å²) in [5, 5.41) is 12.8. The summed E-state index contributed by atoms with van der Waals surface area (Å²) < 4.78 is 11.1. The molecule has 0 amide bonds. The van der Waals surface area contributed by atoms with Crippen molar-refractivity contribution in [2.24, 2.45) is 0 Å². The molecule has 0 radical (unpaired) electrons. The second kappa shape index (κ2) is 9.60. The van der Waals surface area contributed by atoms with Crippen LogP contribution in [0.1, 0.15) is 10.4 Å². The summed E-state index contributed by atoms with van der Waals surface area (Å²) in [5.74, 6) is 6.37.